The number of nitrogens with one attached hydrogen (secondary N) is 1. The Balaban J connectivity index is 1.44. The first kappa shape index (κ1) is 23.0. The molecular formula is C24H30F2N2O3. The number of carbonyl (C=O) groups is 1. The number of piperidine rings is 1. The van der Waals surface area contributed by atoms with Gasteiger partial charge in [-0.3, -0.25) is 9.69 Å². The number of hydrogen-bond acceptors (Lipinski definition) is 4. The van der Waals surface area contributed by atoms with Crippen molar-refractivity contribution >= 4 is 5.91 Å². The van der Waals surface area contributed by atoms with Crippen LogP contribution in [0.4, 0.5) is 8.78 Å². The molecule has 1 saturated heterocycles. The summed E-state index contributed by atoms with van der Waals surface area (Å²) in [6.45, 7) is 2.56. The Morgan fingerprint density at radius 3 is 2.68 bits per heavy atom. The molecule has 31 heavy (non-hydrogen) atoms. The van der Waals surface area contributed by atoms with E-state index in [1.807, 2.05) is 12.1 Å². The summed E-state index contributed by atoms with van der Waals surface area (Å²) >= 11 is 0. The summed E-state index contributed by atoms with van der Waals surface area (Å²) in [5.74, 6) is 0.703. The summed E-state index contributed by atoms with van der Waals surface area (Å²) in [7, 11) is 3.19. The third kappa shape index (κ3) is 6.66. The molecule has 0 aliphatic carbocycles. The number of amides is 1. The van der Waals surface area contributed by atoms with Crippen molar-refractivity contribution in [2.75, 3.05) is 27.3 Å². The highest BCUT2D eigenvalue weighted by molar-refractivity contribution is 5.75. The molecule has 5 nitrogen and oxygen atoms in total. The predicted molar refractivity (Wildman–Crippen MR) is 115 cm³/mol. The third-order valence-electron chi connectivity index (χ3n) is 5.76. The molecule has 2 aromatic rings. The first-order chi connectivity index (χ1) is 15.0. The summed E-state index contributed by atoms with van der Waals surface area (Å²) in [6.07, 6.45) is 3.30. The van der Waals surface area contributed by atoms with Gasteiger partial charge in [-0.05, 0) is 49.9 Å². The van der Waals surface area contributed by atoms with Crippen LogP contribution in [0.25, 0.3) is 0 Å². The minimum Gasteiger partial charge on any atom is -0.497 e. The van der Waals surface area contributed by atoms with E-state index in [0.29, 0.717) is 42.5 Å². The first-order valence-electron chi connectivity index (χ1n) is 10.6. The fourth-order valence-electron chi connectivity index (χ4n) is 4.04. The molecule has 0 saturated carbocycles. The van der Waals surface area contributed by atoms with Crippen LogP contribution in [0.15, 0.2) is 36.4 Å². The largest absolute Gasteiger partial charge is 0.497 e. The molecule has 168 valence electrons. The lowest BCUT2D eigenvalue weighted by Gasteiger charge is -2.32. The summed E-state index contributed by atoms with van der Waals surface area (Å²) < 4.78 is 37.6. The van der Waals surface area contributed by atoms with Crippen molar-refractivity contribution in [1.29, 1.82) is 0 Å². The van der Waals surface area contributed by atoms with E-state index >= 15 is 0 Å². The quantitative estimate of drug-likeness (QED) is 0.642. The third-order valence-corrected chi connectivity index (χ3v) is 5.76. The van der Waals surface area contributed by atoms with Gasteiger partial charge in [0, 0.05) is 49.3 Å². The number of benzene rings is 2. The van der Waals surface area contributed by atoms with E-state index in [2.05, 4.69) is 10.2 Å². The monoisotopic (exact) mass is 432 g/mol. The van der Waals surface area contributed by atoms with Gasteiger partial charge in [0.1, 0.15) is 23.1 Å². The highest BCUT2D eigenvalue weighted by Crippen LogP contribution is 2.25. The SMILES string of the molecule is COc1ccc(CNC(=O)CCC2CCCN(Cc3ccc(F)cc3F)C2)c(OC)c1. The van der Waals surface area contributed by atoms with E-state index in [4.69, 9.17) is 9.47 Å². The van der Waals surface area contributed by atoms with Crippen LogP contribution in [0.2, 0.25) is 0 Å². The highest BCUT2D eigenvalue weighted by atomic mass is 19.1. The lowest BCUT2D eigenvalue weighted by molar-refractivity contribution is -0.121. The normalized spacial score (nSPS) is 16.7. The summed E-state index contributed by atoms with van der Waals surface area (Å²) in [5.41, 5.74) is 1.40. The molecule has 0 radical (unpaired) electrons. The van der Waals surface area contributed by atoms with Crippen LogP contribution < -0.4 is 14.8 Å². The van der Waals surface area contributed by atoms with Crippen LogP contribution in [0, 0.1) is 17.6 Å². The van der Waals surface area contributed by atoms with E-state index in [-0.39, 0.29) is 5.91 Å². The molecule has 0 spiro atoms. The van der Waals surface area contributed by atoms with Gasteiger partial charge in [-0.25, -0.2) is 8.78 Å². The Bertz CT molecular complexity index is 891. The van der Waals surface area contributed by atoms with Crippen molar-refractivity contribution in [2.45, 2.75) is 38.8 Å². The molecule has 1 unspecified atom stereocenters. The Morgan fingerprint density at radius 1 is 1.13 bits per heavy atom. The Labute approximate surface area is 182 Å². The molecule has 1 amide bonds. The molecule has 3 rings (SSSR count). The zero-order valence-corrected chi connectivity index (χ0v) is 18.1. The van der Waals surface area contributed by atoms with Gasteiger partial charge in [-0.1, -0.05) is 6.07 Å². The lowest BCUT2D eigenvalue weighted by atomic mass is 9.93. The van der Waals surface area contributed by atoms with E-state index in [0.717, 1.165) is 44.0 Å². The van der Waals surface area contributed by atoms with Crippen LogP contribution >= 0.6 is 0 Å². The molecular weight excluding hydrogens is 402 g/mol. The maximum absolute atomic E-state index is 13.9. The second-order valence-electron chi connectivity index (χ2n) is 7.97. The molecule has 1 heterocycles. The number of halogens is 2. The van der Waals surface area contributed by atoms with Gasteiger partial charge in [-0.2, -0.15) is 0 Å². The molecule has 1 aliphatic heterocycles. The maximum Gasteiger partial charge on any atom is 0.220 e. The van der Waals surface area contributed by atoms with Gasteiger partial charge in [-0.15, -0.1) is 0 Å². The smallest absolute Gasteiger partial charge is 0.220 e. The summed E-state index contributed by atoms with van der Waals surface area (Å²) in [4.78, 5) is 14.5. The molecule has 7 heteroatoms. The molecule has 0 bridgehead atoms. The van der Waals surface area contributed by atoms with E-state index in [9.17, 15) is 13.6 Å². The van der Waals surface area contributed by atoms with E-state index in [1.54, 1.807) is 20.3 Å². The second-order valence-corrected chi connectivity index (χ2v) is 7.97. The molecule has 0 aromatic heterocycles. The zero-order chi connectivity index (χ0) is 22.2. The predicted octanol–water partition coefficient (Wildman–Crippen LogP) is 4.29. The van der Waals surface area contributed by atoms with E-state index in [1.165, 1.54) is 12.1 Å². The molecule has 1 aliphatic rings. The van der Waals surface area contributed by atoms with Crippen molar-refractivity contribution in [3.8, 4) is 11.5 Å². The van der Waals surface area contributed by atoms with Gasteiger partial charge in [0.2, 0.25) is 5.91 Å². The van der Waals surface area contributed by atoms with Crippen LogP contribution in [0.1, 0.15) is 36.8 Å². The minimum atomic E-state index is -0.559. The van der Waals surface area contributed by atoms with Crippen molar-refractivity contribution in [2.24, 2.45) is 5.92 Å². The van der Waals surface area contributed by atoms with Gasteiger partial charge in [0.05, 0.1) is 14.2 Å². The first-order valence-corrected chi connectivity index (χ1v) is 10.6. The number of carbonyl (C=O) groups excluding carboxylic acids is 1. The average molecular weight is 433 g/mol. The highest BCUT2D eigenvalue weighted by Gasteiger charge is 2.21. The number of methoxy groups -OCH3 is 2. The summed E-state index contributed by atoms with van der Waals surface area (Å²) in [6, 6.07) is 9.24. The minimum absolute atomic E-state index is 0.000395. The summed E-state index contributed by atoms with van der Waals surface area (Å²) in [5, 5.41) is 2.96. The van der Waals surface area contributed by atoms with E-state index < -0.39 is 11.6 Å². The van der Waals surface area contributed by atoms with Crippen LogP contribution in [-0.4, -0.2) is 38.1 Å². The maximum atomic E-state index is 13.9. The standard InChI is InChI=1S/C24H30F2N2O3/c1-30-21-9-7-18(23(13-21)31-2)14-27-24(29)10-5-17-4-3-11-28(15-17)16-19-6-8-20(25)12-22(19)26/h6-9,12-13,17H,3-5,10-11,14-16H2,1-2H3,(H,27,29). The van der Waals surface area contributed by atoms with Gasteiger partial charge in [0.15, 0.2) is 0 Å². The second kappa shape index (κ2) is 11.1. The van der Waals surface area contributed by atoms with Gasteiger partial charge in [0.25, 0.3) is 0 Å². The van der Waals surface area contributed by atoms with Crippen LogP contribution in [0.5, 0.6) is 11.5 Å². The number of rotatable bonds is 9. The van der Waals surface area contributed by atoms with Crippen LogP contribution in [-0.2, 0) is 17.9 Å². The molecule has 1 atom stereocenters. The van der Waals surface area contributed by atoms with Crippen molar-refractivity contribution in [1.82, 2.24) is 10.2 Å². The van der Waals surface area contributed by atoms with Gasteiger partial charge < -0.3 is 14.8 Å². The van der Waals surface area contributed by atoms with Crippen molar-refractivity contribution < 1.29 is 23.0 Å². The lowest BCUT2D eigenvalue weighted by Crippen LogP contribution is -2.35. The number of ether oxygens (including phenoxy) is 2. The fraction of sp³-hybridized carbons (Fsp3) is 0.458. The number of likely N-dealkylation sites (tertiary alicyclic amines) is 1. The number of nitrogens with zero attached hydrogens (tertiary/aromatic N) is 1. The molecule has 1 N–H and O–H groups in total. The topological polar surface area (TPSA) is 50.8 Å². The molecule has 1 fully saturated rings. The van der Waals surface area contributed by atoms with Crippen molar-refractivity contribution in [3.63, 3.8) is 0 Å². The van der Waals surface area contributed by atoms with Crippen molar-refractivity contribution in [3.05, 3.63) is 59.2 Å². The average Bonchev–Trinajstić information content (AvgIpc) is 2.78. The Morgan fingerprint density at radius 2 is 1.94 bits per heavy atom. The fourth-order valence-corrected chi connectivity index (χ4v) is 4.04. The Kier molecular flexibility index (Phi) is 8.23. The number of hydrogen-bond donors (Lipinski definition) is 1. The van der Waals surface area contributed by atoms with Gasteiger partial charge >= 0.3 is 0 Å². The zero-order valence-electron chi connectivity index (χ0n) is 18.1. The molecule has 2 aromatic carbocycles. The van der Waals surface area contributed by atoms with Crippen LogP contribution in [0.3, 0.4) is 0 Å². The Hall–Kier alpha value is -2.67.